The van der Waals surface area contributed by atoms with Crippen LogP contribution in [0.2, 0.25) is 5.02 Å². The van der Waals surface area contributed by atoms with E-state index in [1.165, 1.54) is 0 Å². The van der Waals surface area contributed by atoms with E-state index >= 15 is 0 Å². The molecule has 1 aromatic carbocycles. The molecule has 0 atom stereocenters. The van der Waals surface area contributed by atoms with E-state index in [1.54, 1.807) is 0 Å². The normalized spacial score (nSPS) is 10.6. The molecule has 0 aliphatic rings. The van der Waals surface area contributed by atoms with Gasteiger partial charge in [0.25, 0.3) is 0 Å². The zero-order valence-electron chi connectivity index (χ0n) is 11.3. The van der Waals surface area contributed by atoms with Gasteiger partial charge in [-0.15, -0.1) is 0 Å². The average molecular weight is 277 g/mol. The molecule has 2 rings (SSSR count). The molecule has 0 unspecified atom stereocenters. The van der Waals surface area contributed by atoms with E-state index in [2.05, 4.69) is 4.98 Å². The molecule has 0 spiro atoms. The van der Waals surface area contributed by atoms with Crippen molar-refractivity contribution in [2.24, 2.45) is 5.73 Å². The van der Waals surface area contributed by atoms with Gasteiger partial charge in [0, 0.05) is 23.3 Å². The maximum atomic E-state index is 6.14. The molecule has 1 aromatic heterocycles. The molecule has 3 nitrogen and oxygen atoms in total. The van der Waals surface area contributed by atoms with E-state index < -0.39 is 0 Å². The van der Waals surface area contributed by atoms with Gasteiger partial charge in [0.2, 0.25) is 5.88 Å². The Labute approximate surface area is 118 Å². The predicted octanol–water partition coefficient (Wildman–Crippen LogP) is 3.91. The first-order chi connectivity index (χ1) is 8.99. The van der Waals surface area contributed by atoms with Crippen molar-refractivity contribution in [3.8, 4) is 11.6 Å². The monoisotopic (exact) mass is 276 g/mol. The molecule has 1 heterocycles. The number of ether oxygens (including phenoxy) is 1. The second kappa shape index (κ2) is 5.59. The lowest BCUT2D eigenvalue weighted by Crippen LogP contribution is -1.99. The minimum atomic E-state index is 0.471. The van der Waals surface area contributed by atoms with E-state index in [-0.39, 0.29) is 0 Å². The molecule has 19 heavy (non-hydrogen) atoms. The van der Waals surface area contributed by atoms with Gasteiger partial charge >= 0.3 is 0 Å². The van der Waals surface area contributed by atoms with Crippen LogP contribution in [-0.2, 0) is 6.54 Å². The largest absolute Gasteiger partial charge is 0.439 e. The lowest BCUT2D eigenvalue weighted by molar-refractivity contribution is 0.460. The summed E-state index contributed by atoms with van der Waals surface area (Å²) < 4.78 is 5.79. The fourth-order valence-electron chi connectivity index (χ4n) is 1.96. The Bertz CT molecular complexity index is 588. The van der Waals surface area contributed by atoms with Crippen molar-refractivity contribution in [2.45, 2.75) is 27.3 Å². The second-order valence-corrected chi connectivity index (χ2v) is 5.01. The smallest absolute Gasteiger partial charge is 0.219 e. The van der Waals surface area contributed by atoms with Crippen molar-refractivity contribution < 1.29 is 4.74 Å². The summed E-state index contributed by atoms with van der Waals surface area (Å²) in [7, 11) is 0. The summed E-state index contributed by atoms with van der Waals surface area (Å²) in [5.74, 6) is 1.29. The van der Waals surface area contributed by atoms with Crippen LogP contribution in [0.15, 0.2) is 24.3 Å². The van der Waals surface area contributed by atoms with E-state index in [4.69, 9.17) is 22.1 Å². The predicted molar refractivity (Wildman–Crippen MR) is 77.9 cm³/mol. The molecule has 0 saturated heterocycles. The summed E-state index contributed by atoms with van der Waals surface area (Å²) in [5.41, 5.74) is 9.52. The topological polar surface area (TPSA) is 48.1 Å². The number of pyridine rings is 1. The molecular weight excluding hydrogens is 260 g/mol. The SMILES string of the molecule is Cc1cc(CN)cc(Oc2cc(C)c(Cl)c(C)c2)n1. The molecule has 0 fully saturated rings. The summed E-state index contributed by atoms with van der Waals surface area (Å²) in [6, 6.07) is 7.61. The van der Waals surface area contributed by atoms with Crippen LogP contribution in [0.4, 0.5) is 0 Å². The number of aryl methyl sites for hydroxylation is 3. The van der Waals surface area contributed by atoms with Crippen LogP contribution < -0.4 is 10.5 Å². The summed E-state index contributed by atoms with van der Waals surface area (Å²) in [5, 5.41) is 0.771. The fraction of sp³-hybridized carbons (Fsp3) is 0.267. The minimum Gasteiger partial charge on any atom is -0.439 e. The molecule has 0 amide bonds. The molecule has 0 radical (unpaired) electrons. The van der Waals surface area contributed by atoms with Crippen LogP contribution in [0.3, 0.4) is 0 Å². The summed E-state index contributed by atoms with van der Waals surface area (Å²) in [4.78, 5) is 4.35. The van der Waals surface area contributed by atoms with Crippen LogP contribution in [0.1, 0.15) is 22.4 Å². The molecular formula is C15H17ClN2O. The van der Waals surface area contributed by atoms with Gasteiger partial charge in [-0.3, -0.25) is 0 Å². The third-order valence-corrected chi connectivity index (χ3v) is 3.45. The van der Waals surface area contributed by atoms with Crippen LogP contribution in [0.25, 0.3) is 0 Å². The number of hydrogen-bond donors (Lipinski definition) is 1. The Morgan fingerprint density at radius 1 is 1.11 bits per heavy atom. The first-order valence-electron chi connectivity index (χ1n) is 6.12. The van der Waals surface area contributed by atoms with Crippen LogP contribution >= 0.6 is 11.6 Å². The molecule has 0 saturated carbocycles. The number of benzene rings is 1. The van der Waals surface area contributed by atoms with E-state index in [0.29, 0.717) is 12.4 Å². The first-order valence-corrected chi connectivity index (χ1v) is 6.49. The standard InChI is InChI=1S/C15H17ClN2O/c1-9-4-13(5-10(2)15(9)16)19-14-7-12(8-17)6-11(3)18-14/h4-7H,8,17H2,1-3H3. The Kier molecular flexibility index (Phi) is 4.08. The van der Waals surface area contributed by atoms with Gasteiger partial charge in [0.1, 0.15) is 5.75 Å². The summed E-state index contributed by atoms with van der Waals surface area (Å²) in [6.45, 7) is 6.30. The number of rotatable bonds is 3. The van der Waals surface area contributed by atoms with Gasteiger partial charge in [-0.25, -0.2) is 4.98 Å². The highest BCUT2D eigenvalue weighted by Gasteiger charge is 2.06. The summed E-state index contributed by atoms with van der Waals surface area (Å²) >= 11 is 6.14. The van der Waals surface area contributed by atoms with Crippen molar-refractivity contribution in [3.05, 3.63) is 51.7 Å². The molecule has 2 N–H and O–H groups in total. The average Bonchev–Trinajstić information content (AvgIpc) is 2.35. The van der Waals surface area contributed by atoms with Gasteiger partial charge in [-0.05, 0) is 55.7 Å². The third kappa shape index (κ3) is 3.25. The number of nitrogens with zero attached hydrogens (tertiary/aromatic N) is 1. The molecule has 0 bridgehead atoms. The fourth-order valence-corrected chi connectivity index (χ4v) is 2.07. The highest BCUT2D eigenvalue weighted by atomic mass is 35.5. The van der Waals surface area contributed by atoms with Crippen molar-refractivity contribution in [2.75, 3.05) is 0 Å². The van der Waals surface area contributed by atoms with Gasteiger partial charge in [-0.1, -0.05) is 11.6 Å². The Morgan fingerprint density at radius 3 is 2.32 bits per heavy atom. The zero-order valence-corrected chi connectivity index (χ0v) is 12.1. The lowest BCUT2D eigenvalue weighted by atomic mass is 10.1. The number of halogens is 1. The van der Waals surface area contributed by atoms with Crippen molar-refractivity contribution in [1.82, 2.24) is 4.98 Å². The van der Waals surface area contributed by atoms with Crippen molar-refractivity contribution >= 4 is 11.6 Å². The van der Waals surface area contributed by atoms with Crippen molar-refractivity contribution in [1.29, 1.82) is 0 Å². The van der Waals surface area contributed by atoms with Crippen LogP contribution in [0.5, 0.6) is 11.6 Å². The van der Waals surface area contributed by atoms with E-state index in [1.807, 2.05) is 45.0 Å². The zero-order chi connectivity index (χ0) is 14.0. The Hall–Kier alpha value is -1.58. The minimum absolute atomic E-state index is 0.471. The number of aromatic nitrogens is 1. The molecule has 0 aliphatic heterocycles. The maximum absolute atomic E-state index is 6.14. The molecule has 0 aliphatic carbocycles. The number of hydrogen-bond acceptors (Lipinski definition) is 3. The molecule has 100 valence electrons. The first kappa shape index (κ1) is 13.8. The van der Waals surface area contributed by atoms with Gasteiger partial charge < -0.3 is 10.5 Å². The van der Waals surface area contributed by atoms with E-state index in [9.17, 15) is 0 Å². The van der Waals surface area contributed by atoms with Gasteiger partial charge in [0.05, 0.1) is 0 Å². The Balaban J connectivity index is 2.33. The second-order valence-electron chi connectivity index (χ2n) is 4.63. The van der Waals surface area contributed by atoms with Crippen LogP contribution in [0, 0.1) is 20.8 Å². The summed E-state index contributed by atoms with van der Waals surface area (Å²) in [6.07, 6.45) is 0. The van der Waals surface area contributed by atoms with Crippen molar-refractivity contribution in [3.63, 3.8) is 0 Å². The van der Waals surface area contributed by atoms with Gasteiger partial charge in [-0.2, -0.15) is 0 Å². The van der Waals surface area contributed by atoms with Gasteiger partial charge in [0.15, 0.2) is 0 Å². The molecule has 4 heteroatoms. The van der Waals surface area contributed by atoms with E-state index in [0.717, 1.165) is 33.2 Å². The quantitative estimate of drug-likeness (QED) is 0.924. The number of nitrogens with two attached hydrogens (primary N) is 1. The highest BCUT2D eigenvalue weighted by Crippen LogP contribution is 2.28. The maximum Gasteiger partial charge on any atom is 0.219 e. The van der Waals surface area contributed by atoms with Crippen LogP contribution in [-0.4, -0.2) is 4.98 Å². The Morgan fingerprint density at radius 2 is 1.74 bits per heavy atom. The highest BCUT2D eigenvalue weighted by molar-refractivity contribution is 6.32. The lowest BCUT2D eigenvalue weighted by Gasteiger charge is -2.10. The molecule has 2 aromatic rings. The third-order valence-electron chi connectivity index (χ3n) is 2.86.